The minimum atomic E-state index is 0.436. The van der Waals surface area contributed by atoms with Crippen LogP contribution in [0.1, 0.15) is 11.1 Å². The van der Waals surface area contributed by atoms with Gasteiger partial charge in [-0.1, -0.05) is 48.0 Å². The number of aryl methyl sites for hydroxylation is 1. The fraction of sp³-hybridized carbons (Fsp3) is 0.0400. The summed E-state index contributed by atoms with van der Waals surface area (Å²) in [6.45, 7) is 2.04. The first-order valence-electron chi connectivity index (χ1n) is 9.59. The Balaban J connectivity index is 1.32. The first kappa shape index (κ1) is 19.6. The summed E-state index contributed by atoms with van der Waals surface area (Å²) < 4.78 is 5.97. The van der Waals surface area contributed by atoms with Crippen molar-refractivity contribution in [3.05, 3.63) is 102 Å². The standard InChI is InChI=1S/C25H21N3OS/c1-18-6-11-22(12-7-18)27-25(30)28-26-17-19-8-13-23(14-9-19)29-24-15-10-20-4-2-3-5-21(20)16-24/h2-17H,1H3,(H2,27,28,30)/b26-17+. The van der Waals surface area contributed by atoms with E-state index in [2.05, 4.69) is 34.0 Å². The lowest BCUT2D eigenvalue weighted by molar-refractivity contribution is 0.483. The van der Waals surface area contributed by atoms with Crippen LogP contribution in [0.2, 0.25) is 0 Å². The molecule has 0 saturated heterocycles. The summed E-state index contributed by atoms with van der Waals surface area (Å²) in [4.78, 5) is 0. The van der Waals surface area contributed by atoms with E-state index in [1.807, 2.05) is 79.7 Å². The number of hydrogen-bond donors (Lipinski definition) is 2. The summed E-state index contributed by atoms with van der Waals surface area (Å²) in [5, 5.41) is 10.1. The predicted octanol–water partition coefficient (Wildman–Crippen LogP) is 6.26. The van der Waals surface area contributed by atoms with Gasteiger partial charge in [-0.3, -0.25) is 5.43 Å². The number of thiocarbonyl (C=S) groups is 1. The summed E-state index contributed by atoms with van der Waals surface area (Å²) in [6.07, 6.45) is 1.71. The first-order valence-corrected chi connectivity index (χ1v) is 10.00. The van der Waals surface area contributed by atoms with Crippen LogP contribution in [0.25, 0.3) is 10.8 Å². The molecule has 0 aliphatic heterocycles. The fourth-order valence-electron chi connectivity index (χ4n) is 2.95. The van der Waals surface area contributed by atoms with Gasteiger partial charge in [0.15, 0.2) is 5.11 Å². The van der Waals surface area contributed by atoms with E-state index in [0.29, 0.717) is 5.11 Å². The lowest BCUT2D eigenvalue weighted by Crippen LogP contribution is -2.23. The topological polar surface area (TPSA) is 45.7 Å². The highest BCUT2D eigenvalue weighted by Crippen LogP contribution is 2.25. The molecule has 0 aromatic heterocycles. The third-order valence-corrected chi connectivity index (χ3v) is 4.72. The summed E-state index contributed by atoms with van der Waals surface area (Å²) >= 11 is 5.26. The molecule has 4 rings (SSSR count). The van der Waals surface area contributed by atoms with E-state index >= 15 is 0 Å². The Kier molecular flexibility index (Phi) is 6.01. The Hall–Kier alpha value is -3.70. The number of ether oxygens (including phenoxy) is 1. The van der Waals surface area contributed by atoms with Crippen LogP contribution < -0.4 is 15.5 Å². The Bertz CT molecular complexity index is 1190. The molecule has 0 amide bonds. The van der Waals surface area contributed by atoms with Gasteiger partial charge in [-0.05, 0) is 84.0 Å². The van der Waals surface area contributed by atoms with Gasteiger partial charge in [-0.2, -0.15) is 5.10 Å². The molecule has 30 heavy (non-hydrogen) atoms. The van der Waals surface area contributed by atoms with Gasteiger partial charge in [0.25, 0.3) is 0 Å². The van der Waals surface area contributed by atoms with Crippen molar-refractivity contribution < 1.29 is 4.74 Å². The Morgan fingerprint density at radius 3 is 2.30 bits per heavy atom. The second kappa shape index (κ2) is 9.20. The van der Waals surface area contributed by atoms with E-state index in [1.165, 1.54) is 10.9 Å². The highest BCUT2D eigenvalue weighted by atomic mass is 32.1. The molecule has 0 heterocycles. The lowest BCUT2D eigenvalue weighted by Gasteiger charge is -2.08. The molecule has 0 saturated carbocycles. The fourth-order valence-corrected chi connectivity index (χ4v) is 3.12. The molecule has 0 fully saturated rings. The number of anilines is 1. The zero-order chi connectivity index (χ0) is 20.8. The van der Waals surface area contributed by atoms with Crippen molar-refractivity contribution in [2.75, 3.05) is 5.32 Å². The second-order valence-corrected chi connectivity index (χ2v) is 7.28. The zero-order valence-electron chi connectivity index (χ0n) is 16.5. The molecule has 0 aliphatic rings. The number of fused-ring (bicyclic) bond motifs is 1. The van der Waals surface area contributed by atoms with Gasteiger partial charge in [0.2, 0.25) is 0 Å². The largest absolute Gasteiger partial charge is 0.457 e. The van der Waals surface area contributed by atoms with Crippen molar-refractivity contribution in [3.63, 3.8) is 0 Å². The predicted molar refractivity (Wildman–Crippen MR) is 129 cm³/mol. The average molecular weight is 412 g/mol. The zero-order valence-corrected chi connectivity index (χ0v) is 17.3. The number of nitrogens with one attached hydrogen (secondary N) is 2. The monoisotopic (exact) mass is 411 g/mol. The molecule has 4 aromatic carbocycles. The van der Waals surface area contributed by atoms with Gasteiger partial charge >= 0.3 is 0 Å². The van der Waals surface area contributed by atoms with Crippen LogP contribution in [0.4, 0.5) is 5.69 Å². The van der Waals surface area contributed by atoms with Crippen LogP contribution in [-0.2, 0) is 0 Å². The van der Waals surface area contributed by atoms with Gasteiger partial charge < -0.3 is 10.1 Å². The maximum absolute atomic E-state index is 5.97. The third-order valence-electron chi connectivity index (χ3n) is 4.53. The highest BCUT2D eigenvalue weighted by molar-refractivity contribution is 7.80. The molecule has 4 aromatic rings. The summed E-state index contributed by atoms with van der Waals surface area (Å²) in [5.74, 6) is 1.58. The number of rotatable bonds is 5. The summed E-state index contributed by atoms with van der Waals surface area (Å²) in [7, 11) is 0. The van der Waals surface area contributed by atoms with Gasteiger partial charge in [-0.25, -0.2) is 0 Å². The Morgan fingerprint density at radius 2 is 1.53 bits per heavy atom. The van der Waals surface area contributed by atoms with Crippen molar-refractivity contribution in [1.82, 2.24) is 5.43 Å². The Morgan fingerprint density at radius 1 is 0.833 bits per heavy atom. The molecule has 5 heteroatoms. The van der Waals surface area contributed by atoms with Crippen molar-refractivity contribution >= 4 is 40.0 Å². The van der Waals surface area contributed by atoms with Crippen LogP contribution in [0.5, 0.6) is 11.5 Å². The average Bonchev–Trinajstić information content (AvgIpc) is 2.76. The minimum Gasteiger partial charge on any atom is -0.457 e. The highest BCUT2D eigenvalue weighted by Gasteiger charge is 2.00. The molecule has 0 bridgehead atoms. The number of benzene rings is 4. The van der Waals surface area contributed by atoms with Gasteiger partial charge in [0, 0.05) is 5.69 Å². The quantitative estimate of drug-likeness (QED) is 0.231. The van der Waals surface area contributed by atoms with E-state index in [1.54, 1.807) is 6.21 Å². The van der Waals surface area contributed by atoms with Crippen LogP contribution in [-0.4, -0.2) is 11.3 Å². The first-order chi connectivity index (χ1) is 14.7. The molecule has 4 nitrogen and oxygen atoms in total. The van der Waals surface area contributed by atoms with Gasteiger partial charge in [0.1, 0.15) is 11.5 Å². The van der Waals surface area contributed by atoms with Crippen molar-refractivity contribution in [3.8, 4) is 11.5 Å². The Labute approximate surface area is 181 Å². The van der Waals surface area contributed by atoms with Crippen LogP contribution in [0.15, 0.2) is 96.1 Å². The van der Waals surface area contributed by atoms with Crippen LogP contribution in [0.3, 0.4) is 0 Å². The van der Waals surface area contributed by atoms with Crippen molar-refractivity contribution in [1.29, 1.82) is 0 Å². The summed E-state index contributed by atoms with van der Waals surface area (Å²) in [6, 6.07) is 30.0. The van der Waals surface area contributed by atoms with Gasteiger partial charge in [-0.15, -0.1) is 0 Å². The number of nitrogens with zero attached hydrogens (tertiary/aromatic N) is 1. The SMILES string of the molecule is Cc1ccc(NC(=S)N/N=C/c2ccc(Oc3ccc4ccccc4c3)cc2)cc1. The molecule has 0 atom stereocenters. The molecule has 2 N–H and O–H groups in total. The lowest BCUT2D eigenvalue weighted by atomic mass is 10.1. The van der Waals surface area contributed by atoms with Crippen LogP contribution in [0, 0.1) is 6.92 Å². The molecule has 0 aliphatic carbocycles. The molecular weight excluding hydrogens is 390 g/mol. The van der Waals surface area contributed by atoms with E-state index in [-0.39, 0.29) is 0 Å². The van der Waals surface area contributed by atoms with Crippen molar-refractivity contribution in [2.24, 2.45) is 5.10 Å². The van der Waals surface area contributed by atoms with Gasteiger partial charge in [0.05, 0.1) is 6.21 Å². The van der Waals surface area contributed by atoms with Crippen molar-refractivity contribution in [2.45, 2.75) is 6.92 Å². The molecular formula is C25H21N3OS. The van der Waals surface area contributed by atoms with E-state index in [0.717, 1.165) is 28.1 Å². The summed E-state index contributed by atoms with van der Waals surface area (Å²) in [5.41, 5.74) is 5.88. The smallest absolute Gasteiger partial charge is 0.191 e. The maximum atomic E-state index is 5.97. The van der Waals surface area contributed by atoms with E-state index in [4.69, 9.17) is 17.0 Å². The number of hydrazone groups is 1. The van der Waals surface area contributed by atoms with E-state index < -0.39 is 0 Å². The van der Waals surface area contributed by atoms with E-state index in [9.17, 15) is 0 Å². The maximum Gasteiger partial charge on any atom is 0.191 e. The molecule has 0 radical (unpaired) electrons. The minimum absolute atomic E-state index is 0.436. The molecule has 148 valence electrons. The second-order valence-electron chi connectivity index (χ2n) is 6.87. The normalized spacial score (nSPS) is 10.8. The van der Waals surface area contributed by atoms with Crippen LogP contribution >= 0.6 is 12.2 Å². The molecule has 0 spiro atoms. The third kappa shape index (κ3) is 5.21. The molecule has 0 unspecified atom stereocenters. The number of hydrogen-bond acceptors (Lipinski definition) is 3.